The molecule has 0 unspecified atom stereocenters. The van der Waals surface area contributed by atoms with Crippen LogP contribution in [0, 0.1) is 0 Å². The van der Waals surface area contributed by atoms with Gasteiger partial charge in [0.25, 0.3) is 0 Å². The molecule has 1 heterocycles. The molecule has 0 atom stereocenters. The quantitative estimate of drug-likeness (QED) is 0.712. The van der Waals surface area contributed by atoms with Gasteiger partial charge in [-0.25, -0.2) is 13.1 Å². The van der Waals surface area contributed by atoms with Crippen LogP contribution in [-0.4, -0.2) is 43.6 Å². The zero-order valence-electron chi connectivity index (χ0n) is 13.7. The fourth-order valence-corrected chi connectivity index (χ4v) is 3.25. The van der Waals surface area contributed by atoms with Gasteiger partial charge >= 0.3 is 0 Å². The van der Waals surface area contributed by atoms with Crippen LogP contribution in [0.15, 0.2) is 41.4 Å². The molecule has 0 radical (unpaired) electrons. The van der Waals surface area contributed by atoms with Crippen molar-refractivity contribution in [2.24, 2.45) is 0 Å². The van der Waals surface area contributed by atoms with Gasteiger partial charge < -0.3 is 9.88 Å². The predicted octanol–water partition coefficient (Wildman–Crippen LogP) is 1.81. The van der Waals surface area contributed by atoms with E-state index in [-0.39, 0.29) is 23.8 Å². The number of ketones is 1. The second-order valence-electron chi connectivity index (χ2n) is 5.50. The van der Waals surface area contributed by atoms with Gasteiger partial charge in [0.15, 0.2) is 5.78 Å². The smallest absolute Gasteiger partial charge is 0.241 e. The third kappa shape index (κ3) is 5.15. The maximum atomic E-state index is 12.2. The van der Waals surface area contributed by atoms with E-state index in [1.54, 1.807) is 19.3 Å². The standard InChI is InChI=1S/C16H18ClN3O4S/c1-11(21)12-3-5-15(6-4-12)25(23,24)19-9-16(22)20(2)10-14-7-13(17)8-18-14/h3-8,18-19H,9-10H2,1-2H3. The number of carbonyl (C=O) groups excluding carboxylic acids is 2. The second kappa shape index (κ2) is 7.81. The summed E-state index contributed by atoms with van der Waals surface area (Å²) < 4.78 is 26.7. The highest BCUT2D eigenvalue weighted by Gasteiger charge is 2.18. The predicted molar refractivity (Wildman–Crippen MR) is 93.9 cm³/mol. The summed E-state index contributed by atoms with van der Waals surface area (Å²) in [7, 11) is -2.28. The van der Waals surface area contributed by atoms with Crippen LogP contribution < -0.4 is 4.72 Å². The topological polar surface area (TPSA) is 99.3 Å². The Labute approximate surface area is 151 Å². The van der Waals surface area contributed by atoms with Gasteiger partial charge in [-0.05, 0) is 25.1 Å². The molecule has 0 bridgehead atoms. The summed E-state index contributed by atoms with van der Waals surface area (Å²) in [6.45, 7) is 1.30. The lowest BCUT2D eigenvalue weighted by molar-refractivity contribution is -0.129. The van der Waals surface area contributed by atoms with Gasteiger partial charge in [-0.3, -0.25) is 9.59 Å². The summed E-state index contributed by atoms with van der Waals surface area (Å²) in [6.07, 6.45) is 1.60. The Hall–Kier alpha value is -2.16. The zero-order chi connectivity index (χ0) is 18.6. The van der Waals surface area contributed by atoms with Crippen molar-refractivity contribution in [3.63, 3.8) is 0 Å². The van der Waals surface area contributed by atoms with E-state index in [0.717, 1.165) is 5.69 Å². The zero-order valence-corrected chi connectivity index (χ0v) is 15.3. The van der Waals surface area contributed by atoms with E-state index in [1.165, 1.54) is 36.1 Å². The Balaban J connectivity index is 1.96. The van der Waals surface area contributed by atoms with Crippen LogP contribution in [0.5, 0.6) is 0 Å². The van der Waals surface area contributed by atoms with Crippen LogP contribution in [0.1, 0.15) is 23.0 Å². The molecule has 1 amide bonds. The number of hydrogen-bond acceptors (Lipinski definition) is 4. The lowest BCUT2D eigenvalue weighted by atomic mass is 10.2. The van der Waals surface area contributed by atoms with Gasteiger partial charge in [0.2, 0.25) is 15.9 Å². The van der Waals surface area contributed by atoms with Crippen LogP contribution in [0.2, 0.25) is 5.02 Å². The van der Waals surface area contributed by atoms with Crippen LogP contribution in [0.4, 0.5) is 0 Å². The Morgan fingerprint density at radius 2 is 1.88 bits per heavy atom. The summed E-state index contributed by atoms with van der Waals surface area (Å²) in [5.41, 5.74) is 1.16. The van der Waals surface area contributed by atoms with E-state index >= 15 is 0 Å². The fourth-order valence-electron chi connectivity index (χ4n) is 2.09. The first-order valence-corrected chi connectivity index (χ1v) is 9.22. The van der Waals surface area contributed by atoms with E-state index in [4.69, 9.17) is 11.6 Å². The molecule has 7 nitrogen and oxygen atoms in total. The number of hydrogen-bond donors (Lipinski definition) is 2. The first-order valence-electron chi connectivity index (χ1n) is 7.36. The Kier molecular flexibility index (Phi) is 5.99. The van der Waals surface area contributed by atoms with Gasteiger partial charge in [0.05, 0.1) is 23.0 Å². The summed E-state index contributed by atoms with van der Waals surface area (Å²) in [5, 5.41) is 0.533. The first kappa shape index (κ1) is 19.2. The number of benzene rings is 1. The molecular weight excluding hydrogens is 366 g/mol. The highest BCUT2D eigenvalue weighted by atomic mass is 35.5. The number of nitrogens with zero attached hydrogens (tertiary/aromatic N) is 1. The number of sulfonamides is 1. The van der Waals surface area contributed by atoms with Gasteiger partial charge in [-0.1, -0.05) is 23.7 Å². The number of Topliss-reactive ketones (excluding diaryl/α,β-unsaturated/α-hetero) is 1. The second-order valence-corrected chi connectivity index (χ2v) is 7.70. The van der Waals surface area contributed by atoms with Crippen LogP contribution in [0.3, 0.4) is 0 Å². The molecule has 0 aliphatic rings. The van der Waals surface area contributed by atoms with Crippen molar-refractivity contribution in [1.82, 2.24) is 14.6 Å². The lowest BCUT2D eigenvalue weighted by Gasteiger charge is -2.16. The molecule has 0 saturated heterocycles. The van der Waals surface area contributed by atoms with E-state index in [1.807, 2.05) is 0 Å². The lowest BCUT2D eigenvalue weighted by Crippen LogP contribution is -2.37. The molecule has 1 aromatic heterocycles. The van der Waals surface area contributed by atoms with Crippen LogP contribution >= 0.6 is 11.6 Å². The third-order valence-corrected chi connectivity index (χ3v) is 5.16. The van der Waals surface area contributed by atoms with Crippen molar-refractivity contribution in [2.45, 2.75) is 18.4 Å². The molecule has 25 heavy (non-hydrogen) atoms. The molecule has 2 rings (SSSR count). The van der Waals surface area contributed by atoms with Crippen molar-refractivity contribution < 1.29 is 18.0 Å². The summed E-state index contributed by atoms with van der Waals surface area (Å²) in [5.74, 6) is -0.548. The number of H-pyrrole nitrogens is 1. The molecule has 2 aromatic rings. The maximum absolute atomic E-state index is 12.2. The summed E-state index contributed by atoms with van der Waals surface area (Å²) in [6, 6.07) is 7.20. The van der Waals surface area contributed by atoms with Crippen molar-refractivity contribution in [2.75, 3.05) is 13.6 Å². The Bertz CT molecular complexity index is 875. The average molecular weight is 384 g/mol. The molecule has 0 spiro atoms. The normalized spacial score (nSPS) is 11.3. The van der Waals surface area contributed by atoms with Crippen molar-refractivity contribution in [3.8, 4) is 0 Å². The molecule has 1 aromatic carbocycles. The number of amides is 1. The number of halogens is 1. The fraction of sp³-hybridized carbons (Fsp3) is 0.250. The van der Waals surface area contributed by atoms with Gasteiger partial charge in [-0.15, -0.1) is 0 Å². The van der Waals surface area contributed by atoms with Crippen molar-refractivity contribution >= 4 is 33.3 Å². The molecular formula is C16H18ClN3O4S. The molecule has 0 fully saturated rings. The van der Waals surface area contributed by atoms with Crippen LogP contribution in [0.25, 0.3) is 0 Å². The first-order chi connectivity index (χ1) is 11.7. The maximum Gasteiger partial charge on any atom is 0.241 e. The molecule has 134 valence electrons. The van der Waals surface area contributed by atoms with E-state index in [9.17, 15) is 18.0 Å². The number of rotatable bonds is 7. The molecule has 0 saturated carbocycles. The Morgan fingerprint density at radius 1 is 1.24 bits per heavy atom. The highest BCUT2D eigenvalue weighted by Crippen LogP contribution is 2.12. The van der Waals surface area contributed by atoms with E-state index < -0.39 is 15.9 Å². The van der Waals surface area contributed by atoms with Gasteiger partial charge in [-0.2, -0.15) is 0 Å². The van der Waals surface area contributed by atoms with Crippen molar-refractivity contribution in [3.05, 3.63) is 52.8 Å². The molecule has 0 aliphatic carbocycles. The molecule has 9 heteroatoms. The van der Waals surface area contributed by atoms with Gasteiger partial charge in [0, 0.05) is 24.5 Å². The molecule has 0 aliphatic heterocycles. The minimum absolute atomic E-state index is 0.0101. The number of carbonyl (C=O) groups is 2. The minimum atomic E-state index is -3.84. The van der Waals surface area contributed by atoms with Crippen molar-refractivity contribution in [1.29, 1.82) is 0 Å². The SMILES string of the molecule is CC(=O)c1ccc(S(=O)(=O)NCC(=O)N(C)Cc2cc(Cl)c[nH]2)cc1. The van der Waals surface area contributed by atoms with E-state index in [2.05, 4.69) is 9.71 Å². The number of aromatic amines is 1. The minimum Gasteiger partial charge on any atom is -0.362 e. The number of likely N-dealkylation sites (N-methyl/N-ethyl adjacent to an activating group) is 1. The summed E-state index contributed by atoms with van der Waals surface area (Å²) >= 11 is 5.80. The van der Waals surface area contributed by atoms with E-state index in [0.29, 0.717) is 10.6 Å². The van der Waals surface area contributed by atoms with Gasteiger partial charge in [0.1, 0.15) is 0 Å². The number of aromatic nitrogens is 1. The molecule has 2 N–H and O–H groups in total. The monoisotopic (exact) mass is 383 g/mol. The average Bonchev–Trinajstić information content (AvgIpc) is 2.97. The van der Waals surface area contributed by atoms with Crippen LogP contribution in [-0.2, 0) is 21.4 Å². The third-order valence-electron chi connectivity index (χ3n) is 3.53. The number of nitrogens with one attached hydrogen (secondary N) is 2. The largest absolute Gasteiger partial charge is 0.362 e. The highest BCUT2D eigenvalue weighted by molar-refractivity contribution is 7.89. The Morgan fingerprint density at radius 3 is 2.40 bits per heavy atom. The summed E-state index contributed by atoms with van der Waals surface area (Å²) in [4.78, 5) is 27.6.